The minimum Gasteiger partial charge on any atom is -0.494 e. The van der Waals surface area contributed by atoms with Crippen molar-refractivity contribution in [3.05, 3.63) is 89.0 Å². The maximum absolute atomic E-state index is 12.7. The molecule has 0 radical (unpaired) electrons. The molecule has 8 nitrogen and oxygen atoms in total. The van der Waals surface area contributed by atoms with E-state index in [1.54, 1.807) is 23.7 Å². The first-order chi connectivity index (χ1) is 17.7. The largest absolute Gasteiger partial charge is 0.494 e. The third-order valence-corrected chi connectivity index (χ3v) is 6.65. The molecule has 0 saturated carbocycles. The molecule has 4 aromatic rings. The van der Waals surface area contributed by atoms with Gasteiger partial charge in [0.05, 0.1) is 34.6 Å². The lowest BCUT2D eigenvalue weighted by molar-refractivity contribution is -0.119. The quantitative estimate of drug-likeness (QED) is 0.390. The van der Waals surface area contributed by atoms with E-state index in [1.165, 1.54) is 6.07 Å². The van der Waals surface area contributed by atoms with E-state index >= 15 is 0 Å². The van der Waals surface area contributed by atoms with Crippen molar-refractivity contribution in [1.29, 1.82) is 0 Å². The molecule has 3 aromatic carbocycles. The Morgan fingerprint density at radius 2 is 1.76 bits per heavy atom. The highest BCUT2D eigenvalue weighted by Gasteiger charge is 2.26. The molecule has 0 aliphatic carbocycles. The molecule has 188 valence electrons. The maximum atomic E-state index is 12.7. The van der Waals surface area contributed by atoms with Gasteiger partial charge in [0.25, 0.3) is 0 Å². The number of likely N-dealkylation sites (N-methyl/N-ethyl adjacent to an activating group) is 1. The van der Waals surface area contributed by atoms with Gasteiger partial charge in [-0.25, -0.2) is 9.79 Å². The van der Waals surface area contributed by atoms with Crippen molar-refractivity contribution in [3.63, 3.8) is 0 Å². The molecule has 2 N–H and O–H groups in total. The van der Waals surface area contributed by atoms with Crippen molar-refractivity contribution in [1.82, 2.24) is 9.47 Å². The number of fused-ring (bicyclic) bond motifs is 2. The van der Waals surface area contributed by atoms with Crippen molar-refractivity contribution in [2.45, 2.75) is 6.42 Å². The van der Waals surface area contributed by atoms with Gasteiger partial charge in [-0.15, -0.1) is 0 Å². The molecule has 37 heavy (non-hydrogen) atoms. The summed E-state index contributed by atoms with van der Waals surface area (Å²) in [6.45, 7) is 0.984. The number of hydrogen-bond acceptors (Lipinski definition) is 5. The van der Waals surface area contributed by atoms with E-state index in [0.29, 0.717) is 41.0 Å². The highest BCUT2D eigenvalue weighted by molar-refractivity contribution is 6.22. The fraction of sp³-hybridized carbons (Fsp3) is 0.207. The molecule has 1 amide bonds. The number of carbonyl (C=O) groups excluding carboxylic acids is 1. The van der Waals surface area contributed by atoms with Crippen LogP contribution < -0.4 is 4.90 Å². The normalized spacial score (nSPS) is 13.4. The number of amides is 1. The van der Waals surface area contributed by atoms with Crippen LogP contribution in [-0.4, -0.2) is 64.5 Å². The fourth-order valence-corrected chi connectivity index (χ4v) is 4.85. The molecule has 0 bridgehead atoms. The highest BCUT2D eigenvalue weighted by Crippen LogP contribution is 2.36. The molecule has 5 rings (SSSR count). The molecule has 8 heteroatoms. The van der Waals surface area contributed by atoms with Crippen LogP contribution in [0.5, 0.6) is 5.88 Å². The first kappa shape index (κ1) is 24.3. The van der Waals surface area contributed by atoms with Crippen LogP contribution in [0, 0.1) is 0 Å². The van der Waals surface area contributed by atoms with Crippen LogP contribution in [0.2, 0.25) is 0 Å². The molecule has 0 atom stereocenters. The Hall–Kier alpha value is -4.43. The summed E-state index contributed by atoms with van der Waals surface area (Å²) < 4.78 is 1.58. The number of aromatic hydroxyl groups is 1. The van der Waals surface area contributed by atoms with Crippen molar-refractivity contribution in [2.24, 2.45) is 12.0 Å². The Kier molecular flexibility index (Phi) is 6.27. The minimum atomic E-state index is -1.03. The average molecular weight is 497 g/mol. The third-order valence-electron chi connectivity index (χ3n) is 6.65. The number of carboxylic acids is 1. The van der Waals surface area contributed by atoms with E-state index < -0.39 is 5.97 Å². The first-order valence-electron chi connectivity index (χ1n) is 12.0. The monoisotopic (exact) mass is 496 g/mol. The van der Waals surface area contributed by atoms with Gasteiger partial charge in [-0.2, -0.15) is 0 Å². The van der Waals surface area contributed by atoms with E-state index in [-0.39, 0.29) is 17.4 Å². The summed E-state index contributed by atoms with van der Waals surface area (Å²) >= 11 is 0. The van der Waals surface area contributed by atoms with Crippen molar-refractivity contribution >= 4 is 39.9 Å². The van der Waals surface area contributed by atoms with Crippen LogP contribution in [0.1, 0.15) is 27.0 Å². The first-order valence-corrected chi connectivity index (χ1v) is 12.0. The molecule has 0 saturated heterocycles. The SMILES string of the molecule is CN(C)CC(=O)N1CCc2cc(N=C(c3ccccc3)c3c(O)n(C)c4cc(C(=O)O)ccc34)ccc21. The minimum absolute atomic E-state index is 0.00163. The number of hydrogen-bond donors (Lipinski definition) is 2. The molecule has 1 aliphatic rings. The second-order valence-corrected chi connectivity index (χ2v) is 9.47. The van der Waals surface area contributed by atoms with Crippen LogP contribution in [0.25, 0.3) is 10.9 Å². The topological polar surface area (TPSA) is 98.4 Å². The van der Waals surface area contributed by atoms with Crippen LogP contribution in [0.15, 0.2) is 71.7 Å². The van der Waals surface area contributed by atoms with Gasteiger partial charge in [0.2, 0.25) is 11.8 Å². The molecule has 0 spiro atoms. The smallest absolute Gasteiger partial charge is 0.335 e. The van der Waals surface area contributed by atoms with Gasteiger partial charge >= 0.3 is 5.97 Å². The molecule has 1 aromatic heterocycles. The summed E-state index contributed by atoms with van der Waals surface area (Å²) in [7, 11) is 5.45. The second kappa shape index (κ2) is 9.55. The van der Waals surface area contributed by atoms with Gasteiger partial charge in [0.1, 0.15) is 0 Å². The number of aliphatic imine (C=N–C) groups is 1. The standard InChI is InChI=1S/C29H28N4O4/c1-31(2)17-25(34)33-14-13-19-15-21(10-12-23(19)33)30-27(18-7-5-4-6-8-18)26-22-11-9-20(29(36)37)16-24(22)32(3)28(26)35/h4-12,15-16,35H,13-14,17H2,1-3H3,(H,36,37). The van der Waals surface area contributed by atoms with E-state index in [2.05, 4.69) is 0 Å². The number of aryl methyl sites for hydroxylation is 1. The number of carboxylic acid groups (broad SMARTS) is 1. The summed E-state index contributed by atoms with van der Waals surface area (Å²) in [5.74, 6) is -0.967. The maximum Gasteiger partial charge on any atom is 0.335 e. The van der Waals surface area contributed by atoms with Crippen LogP contribution >= 0.6 is 0 Å². The Bertz CT molecular complexity index is 1550. The third kappa shape index (κ3) is 4.47. The van der Waals surface area contributed by atoms with Crippen LogP contribution in [-0.2, 0) is 18.3 Å². The highest BCUT2D eigenvalue weighted by atomic mass is 16.4. The Morgan fingerprint density at radius 1 is 1.00 bits per heavy atom. The zero-order chi connectivity index (χ0) is 26.3. The van der Waals surface area contributed by atoms with Crippen LogP contribution in [0.4, 0.5) is 11.4 Å². The number of aromatic nitrogens is 1. The zero-order valence-corrected chi connectivity index (χ0v) is 21.0. The van der Waals surface area contributed by atoms with E-state index in [0.717, 1.165) is 23.2 Å². The molecule has 0 unspecified atom stereocenters. The summed E-state index contributed by atoms with van der Waals surface area (Å²) in [6, 6.07) is 20.2. The van der Waals surface area contributed by atoms with E-state index in [1.807, 2.05) is 72.4 Å². The zero-order valence-electron chi connectivity index (χ0n) is 21.0. The fourth-order valence-electron chi connectivity index (χ4n) is 4.85. The number of anilines is 1. The number of carbonyl (C=O) groups is 2. The van der Waals surface area contributed by atoms with Gasteiger partial charge < -0.3 is 24.6 Å². The van der Waals surface area contributed by atoms with Crippen molar-refractivity contribution in [2.75, 3.05) is 32.1 Å². The molecule has 2 heterocycles. The van der Waals surface area contributed by atoms with Crippen molar-refractivity contribution in [3.8, 4) is 5.88 Å². The predicted octanol–water partition coefficient (Wildman–Crippen LogP) is 4.20. The summed E-state index contributed by atoms with van der Waals surface area (Å²) in [5.41, 5.74) is 5.32. The molecule has 1 aliphatic heterocycles. The lowest BCUT2D eigenvalue weighted by Crippen LogP contribution is -2.36. The number of aromatic carboxylic acids is 1. The molecular weight excluding hydrogens is 468 g/mol. The Labute approximate surface area is 214 Å². The number of nitrogens with zero attached hydrogens (tertiary/aromatic N) is 4. The van der Waals surface area contributed by atoms with Crippen molar-refractivity contribution < 1.29 is 19.8 Å². The number of benzene rings is 3. The van der Waals surface area contributed by atoms with Gasteiger partial charge in [-0.3, -0.25) is 4.79 Å². The number of rotatable bonds is 6. The lowest BCUT2D eigenvalue weighted by atomic mass is 10.00. The van der Waals surface area contributed by atoms with E-state index in [9.17, 15) is 19.8 Å². The van der Waals surface area contributed by atoms with Gasteiger partial charge in [-0.05, 0) is 56.4 Å². The Balaban J connectivity index is 1.63. The Morgan fingerprint density at radius 3 is 2.46 bits per heavy atom. The van der Waals surface area contributed by atoms with Crippen LogP contribution in [0.3, 0.4) is 0 Å². The lowest BCUT2D eigenvalue weighted by Gasteiger charge is -2.19. The summed E-state index contributed by atoms with van der Waals surface area (Å²) in [5, 5.41) is 21.3. The van der Waals surface area contributed by atoms with Gasteiger partial charge in [0, 0.05) is 30.2 Å². The van der Waals surface area contributed by atoms with E-state index in [4.69, 9.17) is 4.99 Å². The summed E-state index contributed by atoms with van der Waals surface area (Å²) in [4.78, 5) is 32.9. The second-order valence-electron chi connectivity index (χ2n) is 9.47. The predicted molar refractivity (Wildman–Crippen MR) is 144 cm³/mol. The molecular formula is C29H28N4O4. The summed E-state index contributed by atoms with van der Waals surface area (Å²) in [6.07, 6.45) is 0.746. The van der Waals surface area contributed by atoms with Gasteiger partial charge in [0.15, 0.2) is 0 Å². The van der Waals surface area contributed by atoms with Gasteiger partial charge in [-0.1, -0.05) is 36.4 Å². The average Bonchev–Trinajstić information content (AvgIpc) is 3.41. The molecule has 0 fully saturated rings.